The van der Waals surface area contributed by atoms with Gasteiger partial charge in [0.2, 0.25) is 5.91 Å². The van der Waals surface area contributed by atoms with Crippen molar-refractivity contribution in [1.29, 1.82) is 0 Å². The quantitative estimate of drug-likeness (QED) is 0.333. The third-order valence-electron chi connectivity index (χ3n) is 6.65. The number of rotatable bonds is 6. The Bertz CT molecular complexity index is 1200. The summed E-state index contributed by atoms with van der Waals surface area (Å²) in [4.78, 5) is 39.9. The summed E-state index contributed by atoms with van der Waals surface area (Å²) in [5, 5.41) is 1.46. The second-order valence-corrected chi connectivity index (χ2v) is 9.29. The number of benzene rings is 2. The summed E-state index contributed by atoms with van der Waals surface area (Å²) < 4.78 is 11.4. The van der Waals surface area contributed by atoms with Crippen LogP contribution in [0.1, 0.15) is 74.1 Å². The predicted octanol–water partition coefficient (Wildman–Crippen LogP) is 6.14. The molecule has 0 spiro atoms. The Kier molecular flexibility index (Phi) is 6.54. The van der Waals surface area contributed by atoms with E-state index in [0.29, 0.717) is 39.3 Å². The van der Waals surface area contributed by atoms with Gasteiger partial charge in [-0.15, -0.1) is 0 Å². The minimum Gasteiger partial charge on any atom is -0.462 e. The second-order valence-electron chi connectivity index (χ2n) is 9.29. The molecular formula is C27H31NO5. The lowest BCUT2D eigenvalue weighted by molar-refractivity contribution is -0.123. The van der Waals surface area contributed by atoms with Gasteiger partial charge < -0.3 is 14.1 Å². The Morgan fingerprint density at radius 2 is 1.88 bits per heavy atom. The molecule has 4 rings (SSSR count). The maximum absolute atomic E-state index is 13.7. The number of nitrogens with zero attached hydrogens (tertiary/aromatic N) is 1. The number of carbonyl (C=O) groups is 3. The first-order valence-electron chi connectivity index (χ1n) is 11.8. The fourth-order valence-corrected chi connectivity index (χ4v) is 4.87. The molecule has 1 aromatic heterocycles. The molecule has 1 aliphatic carbocycles. The first kappa shape index (κ1) is 23.0. The van der Waals surface area contributed by atoms with Crippen molar-refractivity contribution >= 4 is 45.8 Å². The van der Waals surface area contributed by atoms with Crippen molar-refractivity contribution in [3.05, 3.63) is 41.5 Å². The molecule has 1 heterocycles. The Morgan fingerprint density at radius 3 is 2.52 bits per heavy atom. The molecule has 1 amide bonds. The zero-order valence-corrected chi connectivity index (χ0v) is 19.7. The highest BCUT2D eigenvalue weighted by Crippen LogP contribution is 2.38. The van der Waals surface area contributed by atoms with Gasteiger partial charge >= 0.3 is 5.97 Å². The molecule has 1 saturated carbocycles. The maximum atomic E-state index is 13.7. The molecule has 1 fully saturated rings. The Hall–Kier alpha value is -3.15. The van der Waals surface area contributed by atoms with Crippen molar-refractivity contribution in [2.75, 3.05) is 11.5 Å². The Labute approximate surface area is 193 Å². The van der Waals surface area contributed by atoms with Crippen LogP contribution >= 0.6 is 0 Å². The standard InChI is InChI=1S/C27H31NO5/c1-5-32-27(31)22-13-21-20-8-6-7-19(15-29)25(20)33-24(21)14-23(22)28(16(2)3)26(30)18-11-9-17(4)10-12-18/h6-8,13-18H,5,9-12H2,1-4H3. The van der Waals surface area contributed by atoms with Gasteiger partial charge in [-0.3, -0.25) is 9.59 Å². The van der Waals surface area contributed by atoms with Gasteiger partial charge in [-0.2, -0.15) is 0 Å². The fraction of sp³-hybridized carbons (Fsp3) is 0.444. The van der Waals surface area contributed by atoms with E-state index < -0.39 is 5.97 Å². The smallest absolute Gasteiger partial charge is 0.340 e. The van der Waals surface area contributed by atoms with E-state index in [2.05, 4.69) is 6.92 Å². The van der Waals surface area contributed by atoms with Crippen molar-refractivity contribution in [3.63, 3.8) is 0 Å². The fourth-order valence-electron chi connectivity index (χ4n) is 4.87. The van der Waals surface area contributed by atoms with Crippen LogP contribution in [0.2, 0.25) is 0 Å². The highest BCUT2D eigenvalue weighted by Gasteiger charge is 2.33. The molecule has 6 heteroatoms. The molecule has 2 aromatic carbocycles. The average Bonchev–Trinajstić information content (AvgIpc) is 3.16. The van der Waals surface area contributed by atoms with Crippen LogP contribution in [0.3, 0.4) is 0 Å². The number of carbonyl (C=O) groups excluding carboxylic acids is 3. The molecule has 0 radical (unpaired) electrons. The summed E-state index contributed by atoms with van der Waals surface area (Å²) in [7, 11) is 0. The van der Waals surface area contributed by atoms with Crippen molar-refractivity contribution in [2.24, 2.45) is 11.8 Å². The molecule has 1 aliphatic rings. The molecule has 0 bridgehead atoms. The van der Waals surface area contributed by atoms with Gasteiger partial charge in [0.15, 0.2) is 6.29 Å². The summed E-state index contributed by atoms with van der Waals surface area (Å²) in [5.74, 6) is 0.125. The molecule has 6 nitrogen and oxygen atoms in total. The lowest BCUT2D eigenvalue weighted by Gasteiger charge is -2.34. The number of hydrogen-bond donors (Lipinski definition) is 0. The highest BCUT2D eigenvalue weighted by molar-refractivity contribution is 6.14. The van der Waals surface area contributed by atoms with Crippen LogP contribution in [0.5, 0.6) is 0 Å². The summed E-state index contributed by atoms with van der Waals surface area (Å²) in [5.41, 5.74) is 2.26. The van der Waals surface area contributed by atoms with Gasteiger partial charge in [-0.1, -0.05) is 19.1 Å². The van der Waals surface area contributed by atoms with Crippen LogP contribution in [0.4, 0.5) is 5.69 Å². The van der Waals surface area contributed by atoms with Gasteiger partial charge in [-0.25, -0.2) is 4.79 Å². The normalized spacial score (nSPS) is 18.6. The minimum atomic E-state index is -0.481. The number of ether oxygens (including phenoxy) is 1. The van der Waals surface area contributed by atoms with Crippen LogP contribution in [0, 0.1) is 11.8 Å². The Balaban J connectivity index is 1.89. The van der Waals surface area contributed by atoms with Crippen LogP contribution in [0.25, 0.3) is 21.9 Å². The molecule has 3 aromatic rings. The van der Waals surface area contributed by atoms with Gasteiger partial charge in [0.1, 0.15) is 11.2 Å². The maximum Gasteiger partial charge on any atom is 0.340 e. The average molecular weight is 450 g/mol. The van der Waals surface area contributed by atoms with E-state index in [1.54, 1.807) is 36.1 Å². The molecule has 0 aliphatic heterocycles. The van der Waals surface area contributed by atoms with E-state index >= 15 is 0 Å². The summed E-state index contributed by atoms with van der Waals surface area (Å²) in [6.07, 6.45) is 4.53. The first-order chi connectivity index (χ1) is 15.8. The number of hydrogen-bond acceptors (Lipinski definition) is 5. The molecule has 0 atom stereocenters. The number of anilines is 1. The minimum absolute atomic E-state index is 0.0338. The first-order valence-corrected chi connectivity index (χ1v) is 11.8. The van der Waals surface area contributed by atoms with Gasteiger partial charge in [0, 0.05) is 28.8 Å². The van der Waals surface area contributed by atoms with E-state index in [4.69, 9.17) is 9.15 Å². The monoisotopic (exact) mass is 449 g/mol. The van der Waals surface area contributed by atoms with E-state index in [0.717, 1.165) is 37.4 Å². The van der Waals surface area contributed by atoms with Crippen molar-refractivity contribution in [2.45, 2.75) is 59.4 Å². The number of furan rings is 1. The number of fused-ring (bicyclic) bond motifs is 3. The summed E-state index contributed by atoms with van der Waals surface area (Å²) in [6, 6.07) is 8.66. The van der Waals surface area contributed by atoms with Crippen LogP contribution in [0.15, 0.2) is 34.7 Å². The molecule has 0 N–H and O–H groups in total. The third kappa shape index (κ3) is 4.26. The Morgan fingerprint density at radius 1 is 1.15 bits per heavy atom. The van der Waals surface area contributed by atoms with Gasteiger partial charge in [0.05, 0.1) is 23.4 Å². The second kappa shape index (κ2) is 9.38. The molecule has 0 unspecified atom stereocenters. The SMILES string of the molecule is CCOC(=O)c1cc2c(cc1N(C(=O)C1CCC(C)CC1)C(C)C)oc1c(C=O)cccc12. The molecule has 33 heavy (non-hydrogen) atoms. The van der Waals surface area contributed by atoms with E-state index in [-0.39, 0.29) is 24.5 Å². The number of para-hydroxylation sites is 1. The number of esters is 1. The molecule has 0 saturated heterocycles. The van der Waals surface area contributed by atoms with Crippen LogP contribution in [-0.2, 0) is 9.53 Å². The largest absolute Gasteiger partial charge is 0.462 e. The van der Waals surface area contributed by atoms with Crippen molar-refractivity contribution in [1.82, 2.24) is 0 Å². The highest BCUT2D eigenvalue weighted by atomic mass is 16.5. The van der Waals surface area contributed by atoms with Crippen LogP contribution < -0.4 is 4.90 Å². The van der Waals surface area contributed by atoms with E-state index in [1.807, 2.05) is 19.9 Å². The lowest BCUT2D eigenvalue weighted by Crippen LogP contribution is -2.43. The molecule has 174 valence electrons. The summed E-state index contributed by atoms with van der Waals surface area (Å²) in [6.45, 7) is 8.11. The van der Waals surface area contributed by atoms with Gasteiger partial charge in [-0.05, 0) is 64.5 Å². The third-order valence-corrected chi connectivity index (χ3v) is 6.65. The van der Waals surface area contributed by atoms with Gasteiger partial charge in [0.25, 0.3) is 0 Å². The number of amides is 1. The summed E-state index contributed by atoms with van der Waals surface area (Å²) >= 11 is 0. The van der Waals surface area contributed by atoms with Crippen molar-refractivity contribution in [3.8, 4) is 0 Å². The van der Waals surface area contributed by atoms with Crippen LogP contribution in [-0.4, -0.2) is 30.8 Å². The van der Waals surface area contributed by atoms with Crippen molar-refractivity contribution < 1.29 is 23.5 Å². The zero-order valence-electron chi connectivity index (χ0n) is 19.7. The predicted molar refractivity (Wildman–Crippen MR) is 129 cm³/mol. The van der Waals surface area contributed by atoms with E-state index in [1.165, 1.54) is 0 Å². The zero-order chi connectivity index (χ0) is 23.7. The lowest BCUT2D eigenvalue weighted by atomic mass is 9.82. The molecular weight excluding hydrogens is 418 g/mol. The van der Waals surface area contributed by atoms with E-state index in [9.17, 15) is 14.4 Å². The number of aldehydes is 1. The topological polar surface area (TPSA) is 76.8 Å².